The molecule has 0 N–H and O–H groups in total. The summed E-state index contributed by atoms with van der Waals surface area (Å²) in [5.41, 5.74) is 2.59. The van der Waals surface area contributed by atoms with Crippen LogP contribution in [-0.4, -0.2) is 24.1 Å². The highest BCUT2D eigenvalue weighted by Crippen LogP contribution is 2.33. The minimum absolute atomic E-state index is 0.00939. The van der Waals surface area contributed by atoms with Crippen LogP contribution in [0.3, 0.4) is 0 Å². The van der Waals surface area contributed by atoms with Crippen LogP contribution in [0.4, 0.5) is 0 Å². The lowest BCUT2D eigenvalue weighted by atomic mass is 10.0. The molecule has 2 rings (SSSR count). The first-order valence-corrected chi connectivity index (χ1v) is 13.8. The van der Waals surface area contributed by atoms with Crippen molar-refractivity contribution in [1.82, 2.24) is 0 Å². The van der Waals surface area contributed by atoms with E-state index in [2.05, 4.69) is 46.8 Å². The first kappa shape index (κ1) is 29.5. The van der Waals surface area contributed by atoms with Gasteiger partial charge in [0.05, 0.1) is 18.3 Å². The molecular formula is C32H46O4. The number of hydrogen-bond donors (Lipinski definition) is 0. The summed E-state index contributed by atoms with van der Waals surface area (Å²) >= 11 is 0. The van der Waals surface area contributed by atoms with Crippen molar-refractivity contribution in [2.45, 2.75) is 112 Å². The van der Waals surface area contributed by atoms with E-state index in [-0.39, 0.29) is 24.1 Å². The summed E-state index contributed by atoms with van der Waals surface area (Å²) in [5, 5.41) is 0. The third-order valence-electron chi connectivity index (χ3n) is 6.20. The van der Waals surface area contributed by atoms with E-state index < -0.39 is 0 Å². The lowest BCUT2D eigenvalue weighted by Gasteiger charge is -2.20. The Bertz CT molecular complexity index is 946. The normalized spacial score (nSPS) is 13.9. The predicted octanol–water partition coefficient (Wildman–Crippen LogP) is 8.85. The molecule has 0 saturated heterocycles. The van der Waals surface area contributed by atoms with Crippen LogP contribution in [0.25, 0.3) is 6.08 Å². The van der Waals surface area contributed by atoms with Gasteiger partial charge in [0.25, 0.3) is 0 Å². The molecule has 0 saturated carbocycles. The van der Waals surface area contributed by atoms with Gasteiger partial charge in [-0.3, -0.25) is 4.79 Å². The van der Waals surface area contributed by atoms with E-state index in [1.165, 1.54) is 5.56 Å². The second kappa shape index (κ2) is 15.4. The number of hydrogen-bond acceptors (Lipinski definition) is 4. The number of ketones is 1. The number of allylic oxidation sites excluding steroid dienone is 1. The van der Waals surface area contributed by atoms with E-state index in [0.717, 1.165) is 56.3 Å². The number of rotatable bonds is 16. The minimum Gasteiger partial charge on any atom is -0.490 e. The van der Waals surface area contributed by atoms with Crippen LogP contribution >= 0.6 is 0 Å². The Morgan fingerprint density at radius 3 is 1.72 bits per heavy atom. The molecule has 4 nitrogen and oxygen atoms in total. The van der Waals surface area contributed by atoms with Crippen LogP contribution in [0.15, 0.2) is 42.5 Å². The molecule has 0 amide bonds. The van der Waals surface area contributed by atoms with Crippen LogP contribution < -0.4 is 14.2 Å². The number of carbonyl (C=O) groups excluding carboxylic acids is 1. The summed E-state index contributed by atoms with van der Waals surface area (Å²) in [6.07, 6.45) is 10.4. The van der Waals surface area contributed by atoms with Crippen LogP contribution in [0.5, 0.6) is 17.2 Å². The zero-order valence-corrected chi connectivity index (χ0v) is 23.4. The number of ether oxygens (including phenoxy) is 3. The third kappa shape index (κ3) is 9.04. The van der Waals surface area contributed by atoms with Crippen molar-refractivity contribution in [3.8, 4) is 17.2 Å². The number of aryl methyl sites for hydroxylation is 1. The smallest absolute Gasteiger partial charge is 0.193 e. The second-order valence-electron chi connectivity index (χ2n) is 9.70. The van der Waals surface area contributed by atoms with Crippen LogP contribution in [-0.2, 0) is 6.42 Å². The van der Waals surface area contributed by atoms with Gasteiger partial charge in [0.1, 0.15) is 22.8 Å². The molecule has 36 heavy (non-hydrogen) atoms. The standard InChI is InChI=1S/C32H46O4/c1-8-13-23(5)34-29-21-18-26(11-4)22-27(29)19-20-28(33)32-30(35-24(6)14-9-2)16-12-17-31(32)36-25(7)15-10-3/h12,16-25H,8-11,13-15H2,1-7H3. The van der Waals surface area contributed by atoms with E-state index in [1.807, 2.05) is 44.2 Å². The van der Waals surface area contributed by atoms with Crippen molar-refractivity contribution >= 4 is 11.9 Å². The van der Waals surface area contributed by atoms with Gasteiger partial charge in [0.2, 0.25) is 0 Å². The molecule has 3 unspecified atom stereocenters. The van der Waals surface area contributed by atoms with Gasteiger partial charge in [-0.2, -0.15) is 0 Å². The van der Waals surface area contributed by atoms with Gasteiger partial charge in [-0.25, -0.2) is 0 Å². The summed E-state index contributed by atoms with van der Waals surface area (Å²) < 4.78 is 18.7. The zero-order chi connectivity index (χ0) is 26.5. The predicted molar refractivity (Wildman–Crippen MR) is 151 cm³/mol. The topological polar surface area (TPSA) is 44.8 Å². The molecule has 0 fully saturated rings. The van der Waals surface area contributed by atoms with E-state index in [0.29, 0.717) is 17.1 Å². The summed E-state index contributed by atoms with van der Waals surface area (Å²) in [4.78, 5) is 13.6. The maximum atomic E-state index is 13.6. The summed E-state index contributed by atoms with van der Waals surface area (Å²) in [6, 6.07) is 11.8. The van der Waals surface area contributed by atoms with Gasteiger partial charge in [-0.1, -0.05) is 59.1 Å². The Morgan fingerprint density at radius 2 is 1.25 bits per heavy atom. The molecule has 198 valence electrons. The monoisotopic (exact) mass is 494 g/mol. The molecular weight excluding hydrogens is 448 g/mol. The number of carbonyl (C=O) groups is 1. The summed E-state index contributed by atoms with van der Waals surface area (Å²) in [7, 11) is 0. The third-order valence-corrected chi connectivity index (χ3v) is 6.20. The van der Waals surface area contributed by atoms with Gasteiger partial charge < -0.3 is 14.2 Å². The maximum Gasteiger partial charge on any atom is 0.193 e. The quantitative estimate of drug-likeness (QED) is 0.173. The Balaban J connectivity index is 2.44. The van der Waals surface area contributed by atoms with Crippen LogP contribution in [0.1, 0.15) is 108 Å². The highest BCUT2D eigenvalue weighted by molar-refractivity contribution is 6.10. The molecule has 0 heterocycles. The first-order valence-electron chi connectivity index (χ1n) is 13.8. The van der Waals surface area contributed by atoms with Crippen molar-refractivity contribution in [3.05, 3.63) is 59.2 Å². The van der Waals surface area contributed by atoms with Crippen molar-refractivity contribution in [1.29, 1.82) is 0 Å². The molecule has 0 radical (unpaired) electrons. The van der Waals surface area contributed by atoms with Crippen LogP contribution in [0.2, 0.25) is 0 Å². The second-order valence-corrected chi connectivity index (χ2v) is 9.70. The average Bonchev–Trinajstić information content (AvgIpc) is 2.83. The first-order chi connectivity index (χ1) is 17.3. The Hall–Kier alpha value is -2.75. The fourth-order valence-corrected chi connectivity index (χ4v) is 4.30. The molecule has 2 aromatic rings. The van der Waals surface area contributed by atoms with Crippen molar-refractivity contribution < 1.29 is 19.0 Å². The largest absolute Gasteiger partial charge is 0.490 e. The Labute approximate surface area is 219 Å². The SMILES string of the molecule is CCCC(C)Oc1ccc(CC)cc1C=CC(=O)c1c(OC(C)CCC)cccc1OC(C)CCC. The maximum absolute atomic E-state index is 13.6. The van der Waals surface area contributed by atoms with Gasteiger partial charge in [-0.15, -0.1) is 0 Å². The highest BCUT2D eigenvalue weighted by Gasteiger charge is 2.20. The molecule has 0 aromatic heterocycles. The van der Waals surface area contributed by atoms with Gasteiger partial charge in [-0.05, 0) is 88.4 Å². The van der Waals surface area contributed by atoms with Gasteiger partial charge in [0.15, 0.2) is 5.78 Å². The molecule has 0 aliphatic heterocycles. The Kier molecular flexibility index (Phi) is 12.6. The molecule has 4 heteroatoms. The Morgan fingerprint density at radius 1 is 0.750 bits per heavy atom. The lowest BCUT2D eigenvalue weighted by molar-refractivity contribution is 0.103. The molecule has 2 aromatic carbocycles. The van der Waals surface area contributed by atoms with Crippen LogP contribution in [0, 0.1) is 0 Å². The molecule has 0 bridgehead atoms. The van der Waals surface area contributed by atoms with Gasteiger partial charge in [0, 0.05) is 5.56 Å². The fourth-order valence-electron chi connectivity index (χ4n) is 4.30. The minimum atomic E-state index is -0.137. The molecule has 0 aliphatic carbocycles. The lowest BCUT2D eigenvalue weighted by Crippen LogP contribution is -2.16. The van der Waals surface area contributed by atoms with Gasteiger partial charge >= 0.3 is 0 Å². The van der Waals surface area contributed by atoms with E-state index >= 15 is 0 Å². The number of benzene rings is 2. The molecule has 0 aliphatic rings. The zero-order valence-electron chi connectivity index (χ0n) is 23.4. The van der Waals surface area contributed by atoms with Crippen molar-refractivity contribution in [3.63, 3.8) is 0 Å². The molecule has 3 atom stereocenters. The van der Waals surface area contributed by atoms with E-state index in [9.17, 15) is 4.79 Å². The summed E-state index contributed by atoms with van der Waals surface area (Å²) in [5.74, 6) is 1.80. The van der Waals surface area contributed by atoms with Crippen molar-refractivity contribution in [2.24, 2.45) is 0 Å². The van der Waals surface area contributed by atoms with Crippen molar-refractivity contribution in [2.75, 3.05) is 0 Å². The van der Waals surface area contributed by atoms with E-state index in [4.69, 9.17) is 14.2 Å². The fraction of sp³-hybridized carbons (Fsp3) is 0.531. The average molecular weight is 495 g/mol. The van der Waals surface area contributed by atoms with E-state index in [1.54, 1.807) is 6.08 Å². The highest BCUT2D eigenvalue weighted by atomic mass is 16.5. The molecule has 0 spiro atoms. The summed E-state index contributed by atoms with van der Waals surface area (Å²) in [6.45, 7) is 14.7.